The summed E-state index contributed by atoms with van der Waals surface area (Å²) in [7, 11) is 0. The van der Waals surface area contributed by atoms with Gasteiger partial charge in [-0.3, -0.25) is 0 Å². The lowest BCUT2D eigenvalue weighted by molar-refractivity contribution is 0.0466. The monoisotopic (exact) mass is 933 g/mol. The van der Waals surface area contributed by atoms with E-state index in [2.05, 4.69) is 20.8 Å². The summed E-state index contributed by atoms with van der Waals surface area (Å²) in [5.74, 6) is 1.34. The number of unbranched alkanes of at least 4 members (excludes halogenated alkanes) is 39. The van der Waals surface area contributed by atoms with Gasteiger partial charge >= 0.3 is 5.97 Å². The molecule has 2 aromatic carbocycles. The predicted molar refractivity (Wildman–Crippen MR) is 289 cm³/mol. The van der Waals surface area contributed by atoms with Crippen molar-refractivity contribution in [1.82, 2.24) is 0 Å². The average Bonchev–Trinajstić information content (AvgIpc) is 3.35. The smallest absolute Gasteiger partial charge is 0.342 e. The Hall–Kier alpha value is -2.69. The molecule has 0 bridgehead atoms. The van der Waals surface area contributed by atoms with Gasteiger partial charge in [-0.2, -0.15) is 0 Å². The van der Waals surface area contributed by atoms with Crippen LogP contribution in [-0.2, 0) is 11.3 Å². The van der Waals surface area contributed by atoms with Gasteiger partial charge < -0.3 is 18.9 Å². The molecule has 5 nitrogen and oxygen atoms in total. The van der Waals surface area contributed by atoms with E-state index in [-0.39, 0.29) is 12.6 Å². The molecule has 0 atom stereocenters. The molecule has 0 saturated carbocycles. The molecule has 386 valence electrons. The van der Waals surface area contributed by atoms with Crippen LogP contribution in [0, 0.1) is 0 Å². The minimum absolute atomic E-state index is 0.213. The van der Waals surface area contributed by atoms with Gasteiger partial charge in [0.1, 0.15) is 12.2 Å². The van der Waals surface area contributed by atoms with Gasteiger partial charge in [0.05, 0.1) is 19.8 Å². The third kappa shape index (κ3) is 35.1. The fourth-order valence-electron chi connectivity index (χ4n) is 9.32. The van der Waals surface area contributed by atoms with Crippen LogP contribution in [0.15, 0.2) is 42.5 Å². The summed E-state index contributed by atoms with van der Waals surface area (Å²) in [4.78, 5) is 13.8. The minimum Gasteiger partial charge on any atom is -0.490 e. The zero-order valence-corrected chi connectivity index (χ0v) is 44.6. The van der Waals surface area contributed by atoms with E-state index < -0.39 is 0 Å². The maximum absolute atomic E-state index is 13.8. The fourth-order valence-corrected chi connectivity index (χ4v) is 9.32. The van der Waals surface area contributed by atoms with Crippen molar-refractivity contribution >= 4 is 5.97 Å². The van der Waals surface area contributed by atoms with E-state index in [1.165, 1.54) is 238 Å². The Kier molecular flexibility index (Phi) is 42.4. The zero-order chi connectivity index (χ0) is 47.8. The summed E-state index contributed by atoms with van der Waals surface area (Å²) in [6.45, 7) is 8.83. The molecule has 0 aliphatic carbocycles. The second kappa shape index (κ2) is 47.0. The maximum atomic E-state index is 13.8. The second-order valence-corrected chi connectivity index (χ2v) is 20.2. The number of rotatable bonds is 51. The van der Waals surface area contributed by atoms with Gasteiger partial charge in [0.15, 0.2) is 11.5 Å². The highest BCUT2D eigenvalue weighted by molar-refractivity contribution is 5.94. The molecule has 0 fully saturated rings. The summed E-state index contributed by atoms with van der Waals surface area (Å²) >= 11 is 0. The summed E-state index contributed by atoms with van der Waals surface area (Å²) < 4.78 is 25.6. The van der Waals surface area contributed by atoms with Crippen molar-refractivity contribution < 1.29 is 23.7 Å². The molecule has 0 aliphatic heterocycles. The van der Waals surface area contributed by atoms with Gasteiger partial charge in [-0.05, 0) is 37.0 Å². The number of hydrogen-bond acceptors (Lipinski definition) is 5. The number of carbonyl (C=O) groups excluding carboxylic acids is 1. The molecule has 0 amide bonds. The lowest BCUT2D eigenvalue weighted by atomic mass is 10.0. The molecule has 67 heavy (non-hydrogen) atoms. The van der Waals surface area contributed by atoms with Crippen LogP contribution in [0.5, 0.6) is 17.2 Å². The van der Waals surface area contributed by atoms with Crippen LogP contribution in [0.3, 0.4) is 0 Å². The molecule has 0 saturated heterocycles. The number of benzene rings is 2. The topological polar surface area (TPSA) is 54.0 Å². The van der Waals surface area contributed by atoms with Crippen LogP contribution in [0.1, 0.15) is 306 Å². The highest BCUT2D eigenvalue weighted by atomic mass is 16.6. The van der Waals surface area contributed by atoms with E-state index in [1.807, 2.05) is 42.5 Å². The quantitative estimate of drug-likeness (QED) is 0.0489. The molecule has 0 aromatic heterocycles. The zero-order valence-electron chi connectivity index (χ0n) is 44.6. The summed E-state index contributed by atoms with van der Waals surface area (Å²) in [5.41, 5.74) is 1.38. The summed E-state index contributed by atoms with van der Waals surface area (Å²) in [5, 5.41) is 0. The largest absolute Gasteiger partial charge is 0.490 e. The van der Waals surface area contributed by atoms with Gasteiger partial charge in [0.2, 0.25) is 5.75 Å². The van der Waals surface area contributed by atoms with Gasteiger partial charge in [-0.25, -0.2) is 4.79 Å². The number of carbonyl (C=O) groups is 1. The van der Waals surface area contributed by atoms with Crippen LogP contribution in [0.4, 0.5) is 0 Å². The molecule has 0 radical (unpaired) electrons. The Morgan fingerprint density at radius 2 is 0.627 bits per heavy atom. The molecule has 5 heteroatoms. The molecule has 0 heterocycles. The maximum Gasteiger partial charge on any atom is 0.342 e. The Bertz CT molecular complexity index is 1340. The Balaban J connectivity index is 1.93. The first-order valence-electron chi connectivity index (χ1n) is 29.5. The molecule has 2 aromatic rings. The molecular weight excluding hydrogens is 825 g/mol. The molecule has 0 unspecified atom stereocenters. The molecule has 2 rings (SSSR count). The SMILES string of the molecule is CCCCCCCCCCCCCCCCOc1ccc(C(=O)OCc2ccccc2)c(OCCCCCCCCCCCCCCCC)c1OCCCCCCCCCCCCCCCC. The Labute approximate surface area is 415 Å². The van der Waals surface area contributed by atoms with E-state index in [0.717, 1.165) is 37.7 Å². The van der Waals surface area contributed by atoms with Gasteiger partial charge in [0, 0.05) is 0 Å². The van der Waals surface area contributed by atoms with E-state index in [9.17, 15) is 4.79 Å². The fraction of sp³-hybridized carbons (Fsp3) is 0.790. The van der Waals surface area contributed by atoms with Crippen LogP contribution in [0.25, 0.3) is 0 Å². The van der Waals surface area contributed by atoms with Gasteiger partial charge in [0.25, 0.3) is 0 Å². The van der Waals surface area contributed by atoms with Gasteiger partial charge in [-0.15, -0.1) is 0 Å². The first-order valence-corrected chi connectivity index (χ1v) is 29.5. The van der Waals surface area contributed by atoms with Crippen molar-refractivity contribution in [2.45, 2.75) is 297 Å². The van der Waals surface area contributed by atoms with Crippen LogP contribution >= 0.6 is 0 Å². The van der Waals surface area contributed by atoms with Gasteiger partial charge in [-0.1, -0.05) is 302 Å². The molecule has 0 N–H and O–H groups in total. The summed E-state index contributed by atoms with van der Waals surface area (Å²) in [6.07, 6.45) is 55.4. The minimum atomic E-state index is -0.389. The first kappa shape index (κ1) is 60.4. The standard InChI is InChI=1S/C62H108O5/c1-4-7-10-13-16-19-22-25-28-31-34-37-40-46-53-64-59-52-51-58(62(63)67-56-57-49-44-43-45-50-57)60(65-54-47-41-38-35-32-29-26-23-20-17-14-11-8-5-2)61(59)66-55-48-42-39-36-33-30-27-24-21-18-15-12-9-6-3/h43-45,49-52H,4-42,46-48,53-56H2,1-3H3. The van der Waals surface area contributed by atoms with Crippen LogP contribution in [0.2, 0.25) is 0 Å². The lowest BCUT2D eigenvalue weighted by Gasteiger charge is -2.20. The molecule has 0 aliphatic rings. The number of esters is 1. The van der Waals surface area contributed by atoms with Crippen molar-refractivity contribution in [3.05, 3.63) is 53.6 Å². The first-order chi connectivity index (χ1) is 33.2. The Morgan fingerprint density at radius 1 is 0.328 bits per heavy atom. The van der Waals surface area contributed by atoms with Crippen molar-refractivity contribution in [1.29, 1.82) is 0 Å². The van der Waals surface area contributed by atoms with E-state index in [4.69, 9.17) is 18.9 Å². The van der Waals surface area contributed by atoms with Crippen molar-refractivity contribution in [2.75, 3.05) is 19.8 Å². The third-order valence-corrected chi connectivity index (χ3v) is 13.8. The third-order valence-electron chi connectivity index (χ3n) is 13.8. The average molecular weight is 934 g/mol. The van der Waals surface area contributed by atoms with Crippen molar-refractivity contribution in [3.8, 4) is 17.2 Å². The summed E-state index contributed by atoms with van der Waals surface area (Å²) in [6, 6.07) is 13.6. The van der Waals surface area contributed by atoms with Crippen LogP contribution < -0.4 is 14.2 Å². The number of ether oxygens (including phenoxy) is 4. The van der Waals surface area contributed by atoms with Crippen molar-refractivity contribution in [3.63, 3.8) is 0 Å². The van der Waals surface area contributed by atoms with Crippen molar-refractivity contribution in [2.24, 2.45) is 0 Å². The van der Waals surface area contributed by atoms with E-state index >= 15 is 0 Å². The number of hydrogen-bond donors (Lipinski definition) is 0. The Morgan fingerprint density at radius 3 is 0.970 bits per heavy atom. The highest BCUT2D eigenvalue weighted by Crippen LogP contribution is 2.41. The molecule has 0 spiro atoms. The van der Waals surface area contributed by atoms with E-state index in [0.29, 0.717) is 42.6 Å². The second-order valence-electron chi connectivity index (χ2n) is 20.2. The normalized spacial score (nSPS) is 11.3. The van der Waals surface area contributed by atoms with Crippen LogP contribution in [-0.4, -0.2) is 25.8 Å². The predicted octanol–water partition coefficient (Wildman–Crippen LogP) is 20.6. The van der Waals surface area contributed by atoms with E-state index in [1.54, 1.807) is 0 Å². The molecular formula is C62H108O5. The lowest BCUT2D eigenvalue weighted by Crippen LogP contribution is -2.12. The highest BCUT2D eigenvalue weighted by Gasteiger charge is 2.24.